The lowest BCUT2D eigenvalue weighted by Crippen LogP contribution is -2.40. The molecule has 1 aromatic rings. The molecule has 2 atom stereocenters. The molecule has 1 aliphatic heterocycles. The lowest BCUT2D eigenvalue weighted by Gasteiger charge is -2.31. The van der Waals surface area contributed by atoms with Crippen molar-refractivity contribution in [3.63, 3.8) is 0 Å². The Labute approximate surface area is 161 Å². The van der Waals surface area contributed by atoms with Crippen LogP contribution in [-0.2, 0) is 19.4 Å². The largest absolute Gasteiger partial charge is 0.347 e. The molecular weight excluding hydrogens is 348 g/mol. The number of likely N-dealkylation sites (N-methyl/N-ethyl adjacent to an activating group) is 1. The topological polar surface area (TPSA) is 24.3 Å². The summed E-state index contributed by atoms with van der Waals surface area (Å²) in [6.45, 7) is 4.34. The van der Waals surface area contributed by atoms with Gasteiger partial charge in [-0.15, -0.1) is 0 Å². The van der Waals surface area contributed by atoms with Gasteiger partial charge in [0.1, 0.15) is 0 Å². The van der Waals surface area contributed by atoms with Crippen LogP contribution in [-0.4, -0.2) is 55.9 Å². The number of aromatic nitrogens is 2. The first-order chi connectivity index (χ1) is 12.2. The van der Waals surface area contributed by atoms with Gasteiger partial charge in [-0.2, -0.15) is 0 Å². The van der Waals surface area contributed by atoms with E-state index >= 15 is 0 Å². The number of rotatable bonds is 5. The van der Waals surface area contributed by atoms with E-state index in [-0.39, 0.29) is 0 Å². The molecule has 2 aliphatic carbocycles. The Bertz CT molecular complexity index is 642. The second-order valence-electron chi connectivity index (χ2n) is 7.59. The Balaban J connectivity index is 1.41. The molecule has 0 bridgehead atoms. The molecule has 0 amide bonds. The average Bonchev–Trinajstić information content (AvgIpc) is 3.12. The zero-order valence-electron chi connectivity index (χ0n) is 15.5. The molecule has 2 heterocycles. The van der Waals surface area contributed by atoms with Crippen molar-refractivity contribution in [3.05, 3.63) is 11.4 Å². The number of imidazole rings is 1. The average molecular weight is 379 g/mol. The number of aryl methyl sites for hydroxylation is 1. The Morgan fingerprint density at radius 3 is 2.68 bits per heavy atom. The first-order valence-corrected chi connectivity index (χ1v) is 11.3. The SMILES string of the molecule is CCn1c(SCCN2C(=S)N(C)C3CCCCC32)nc2c1CCCC2. The van der Waals surface area contributed by atoms with Gasteiger partial charge in [0.25, 0.3) is 0 Å². The molecule has 0 spiro atoms. The van der Waals surface area contributed by atoms with E-state index in [0.717, 1.165) is 24.0 Å². The second-order valence-corrected chi connectivity index (χ2v) is 9.02. The standard InChI is InChI=1S/C19H30N4S2/c1-3-22-15-9-5-4-8-14(15)20-18(22)25-13-12-23-17-11-7-6-10-16(17)21(2)19(23)24/h16-17H,3-13H2,1-2H3. The summed E-state index contributed by atoms with van der Waals surface area (Å²) in [7, 11) is 2.19. The fourth-order valence-electron chi connectivity index (χ4n) is 4.90. The molecule has 2 unspecified atom stereocenters. The zero-order valence-corrected chi connectivity index (χ0v) is 17.2. The van der Waals surface area contributed by atoms with Crippen molar-refractivity contribution in [2.75, 3.05) is 19.3 Å². The van der Waals surface area contributed by atoms with Crippen LogP contribution in [0.5, 0.6) is 0 Å². The van der Waals surface area contributed by atoms with Crippen LogP contribution in [0.4, 0.5) is 0 Å². The summed E-state index contributed by atoms with van der Waals surface area (Å²) in [5.41, 5.74) is 2.86. The summed E-state index contributed by atoms with van der Waals surface area (Å²) >= 11 is 7.68. The third-order valence-electron chi connectivity index (χ3n) is 6.22. The van der Waals surface area contributed by atoms with Crippen LogP contribution >= 0.6 is 24.0 Å². The fourth-order valence-corrected chi connectivity index (χ4v) is 6.30. The number of thioether (sulfide) groups is 1. The zero-order chi connectivity index (χ0) is 17.4. The normalized spacial score (nSPS) is 26.1. The van der Waals surface area contributed by atoms with Gasteiger partial charge in [-0.1, -0.05) is 24.6 Å². The molecule has 6 heteroatoms. The number of hydrogen-bond acceptors (Lipinski definition) is 3. The smallest absolute Gasteiger partial charge is 0.171 e. The molecule has 0 N–H and O–H groups in total. The van der Waals surface area contributed by atoms with Crippen molar-refractivity contribution in [2.24, 2.45) is 0 Å². The van der Waals surface area contributed by atoms with Crippen molar-refractivity contribution >= 4 is 29.1 Å². The summed E-state index contributed by atoms with van der Waals surface area (Å²) < 4.78 is 2.46. The molecular formula is C19H30N4S2. The molecule has 4 rings (SSSR count). The van der Waals surface area contributed by atoms with E-state index in [9.17, 15) is 0 Å². The maximum atomic E-state index is 5.75. The summed E-state index contributed by atoms with van der Waals surface area (Å²) in [6, 6.07) is 1.29. The van der Waals surface area contributed by atoms with Crippen molar-refractivity contribution in [3.8, 4) is 0 Å². The molecule has 138 valence electrons. The minimum atomic E-state index is 0.644. The summed E-state index contributed by atoms with van der Waals surface area (Å²) in [6.07, 6.45) is 10.3. The highest BCUT2D eigenvalue weighted by atomic mass is 32.2. The monoisotopic (exact) mass is 378 g/mol. The van der Waals surface area contributed by atoms with Crippen molar-refractivity contribution in [2.45, 2.75) is 82.1 Å². The van der Waals surface area contributed by atoms with Crippen LogP contribution in [0.3, 0.4) is 0 Å². The van der Waals surface area contributed by atoms with E-state index in [2.05, 4.69) is 28.3 Å². The van der Waals surface area contributed by atoms with E-state index in [1.165, 1.54) is 67.9 Å². The summed E-state index contributed by atoms with van der Waals surface area (Å²) in [5.74, 6) is 1.08. The molecule has 0 aromatic carbocycles. The number of nitrogens with zero attached hydrogens (tertiary/aromatic N) is 4. The Morgan fingerprint density at radius 2 is 1.88 bits per heavy atom. The van der Waals surface area contributed by atoms with Gasteiger partial charge in [-0.3, -0.25) is 0 Å². The molecule has 2 fully saturated rings. The van der Waals surface area contributed by atoms with Crippen molar-refractivity contribution in [1.29, 1.82) is 0 Å². The second kappa shape index (κ2) is 7.47. The third-order valence-corrected chi connectivity index (χ3v) is 7.70. The third kappa shape index (κ3) is 3.20. The maximum absolute atomic E-state index is 5.75. The van der Waals surface area contributed by atoms with E-state index in [4.69, 9.17) is 17.2 Å². The van der Waals surface area contributed by atoms with Crippen LogP contribution in [0.1, 0.15) is 56.8 Å². The summed E-state index contributed by atoms with van der Waals surface area (Å²) in [5, 5.41) is 2.30. The highest BCUT2D eigenvalue weighted by Gasteiger charge is 2.41. The van der Waals surface area contributed by atoms with Gasteiger partial charge in [-0.25, -0.2) is 4.98 Å². The van der Waals surface area contributed by atoms with Crippen LogP contribution in [0, 0.1) is 0 Å². The first kappa shape index (κ1) is 17.7. The minimum absolute atomic E-state index is 0.644. The molecule has 1 saturated carbocycles. The van der Waals surface area contributed by atoms with E-state index in [1.54, 1.807) is 0 Å². The minimum Gasteiger partial charge on any atom is -0.347 e. The van der Waals surface area contributed by atoms with Crippen LogP contribution < -0.4 is 0 Å². The highest BCUT2D eigenvalue weighted by molar-refractivity contribution is 7.99. The van der Waals surface area contributed by atoms with Gasteiger partial charge in [0.2, 0.25) is 0 Å². The lowest BCUT2D eigenvalue weighted by molar-refractivity contribution is 0.221. The number of fused-ring (bicyclic) bond motifs is 2. The van der Waals surface area contributed by atoms with Crippen molar-refractivity contribution in [1.82, 2.24) is 19.4 Å². The van der Waals surface area contributed by atoms with Crippen molar-refractivity contribution < 1.29 is 0 Å². The lowest BCUT2D eigenvalue weighted by atomic mass is 9.90. The van der Waals surface area contributed by atoms with Crippen LogP contribution in [0.15, 0.2) is 5.16 Å². The van der Waals surface area contributed by atoms with Crippen LogP contribution in [0.25, 0.3) is 0 Å². The first-order valence-electron chi connectivity index (χ1n) is 9.95. The maximum Gasteiger partial charge on any atom is 0.171 e. The van der Waals surface area contributed by atoms with Crippen LogP contribution in [0.2, 0.25) is 0 Å². The molecule has 1 aromatic heterocycles. The number of thiocarbonyl (C=S) groups is 1. The molecule has 4 nitrogen and oxygen atoms in total. The van der Waals surface area contributed by atoms with Gasteiger partial charge in [0.05, 0.1) is 17.8 Å². The van der Waals surface area contributed by atoms with Gasteiger partial charge >= 0.3 is 0 Å². The van der Waals surface area contributed by atoms with Gasteiger partial charge in [0.15, 0.2) is 10.3 Å². The predicted octanol–water partition coefficient (Wildman–Crippen LogP) is 3.72. The van der Waals surface area contributed by atoms with E-state index < -0.39 is 0 Å². The van der Waals surface area contributed by atoms with Gasteiger partial charge in [-0.05, 0) is 57.7 Å². The van der Waals surface area contributed by atoms with Gasteiger partial charge in [0, 0.05) is 31.6 Å². The fraction of sp³-hybridized carbons (Fsp3) is 0.789. The van der Waals surface area contributed by atoms with E-state index in [0.29, 0.717) is 12.1 Å². The van der Waals surface area contributed by atoms with Gasteiger partial charge < -0.3 is 14.4 Å². The predicted molar refractivity (Wildman–Crippen MR) is 108 cm³/mol. The Morgan fingerprint density at radius 1 is 1.12 bits per heavy atom. The Hall–Kier alpha value is -0.750. The highest BCUT2D eigenvalue weighted by Crippen LogP contribution is 2.34. The molecule has 0 radical (unpaired) electrons. The number of hydrogen-bond donors (Lipinski definition) is 0. The molecule has 25 heavy (non-hydrogen) atoms. The summed E-state index contributed by atoms with van der Waals surface area (Å²) in [4.78, 5) is 9.83. The van der Waals surface area contributed by atoms with E-state index in [1.807, 2.05) is 11.8 Å². The molecule has 3 aliphatic rings. The Kier molecular flexibility index (Phi) is 5.28. The molecule has 1 saturated heterocycles. The quantitative estimate of drug-likeness (QED) is 0.574.